The lowest BCUT2D eigenvalue weighted by Crippen LogP contribution is -2.28. The van der Waals surface area contributed by atoms with Gasteiger partial charge in [-0.3, -0.25) is 0 Å². The van der Waals surface area contributed by atoms with E-state index >= 15 is 0 Å². The number of halogens is 3. The van der Waals surface area contributed by atoms with Crippen LogP contribution in [0.2, 0.25) is 0 Å². The van der Waals surface area contributed by atoms with Crippen molar-refractivity contribution in [2.24, 2.45) is 5.73 Å². The van der Waals surface area contributed by atoms with E-state index in [-0.39, 0.29) is 5.56 Å². The summed E-state index contributed by atoms with van der Waals surface area (Å²) in [6.07, 6.45) is -4.46. The van der Waals surface area contributed by atoms with Gasteiger partial charge in [-0.1, -0.05) is 36.4 Å². The van der Waals surface area contributed by atoms with E-state index in [0.717, 1.165) is 11.1 Å². The number of hydrogen-bond donors (Lipinski definition) is 1. The number of benzene rings is 2. The molecule has 0 saturated heterocycles. The molecule has 112 valence electrons. The van der Waals surface area contributed by atoms with Crippen LogP contribution in [-0.2, 0) is 6.61 Å². The van der Waals surface area contributed by atoms with Gasteiger partial charge in [0.25, 0.3) is 0 Å². The Bertz CT molecular complexity index is 610. The highest BCUT2D eigenvalue weighted by molar-refractivity contribution is 5.32. The van der Waals surface area contributed by atoms with Gasteiger partial charge < -0.3 is 10.5 Å². The van der Waals surface area contributed by atoms with Gasteiger partial charge in [0.05, 0.1) is 0 Å². The van der Waals surface area contributed by atoms with Crippen LogP contribution in [0.5, 0.6) is 5.75 Å². The average molecular weight is 295 g/mol. The molecule has 0 aliphatic heterocycles. The third kappa shape index (κ3) is 3.98. The largest absolute Gasteiger partial charge is 0.489 e. The lowest BCUT2D eigenvalue weighted by Gasteiger charge is -2.17. The van der Waals surface area contributed by atoms with E-state index in [9.17, 15) is 13.2 Å². The molecule has 5 heteroatoms. The molecule has 0 fully saturated rings. The minimum absolute atomic E-state index is 0.00946. The molecule has 21 heavy (non-hydrogen) atoms. The monoisotopic (exact) mass is 295 g/mol. The fourth-order valence-electron chi connectivity index (χ4n) is 1.92. The molecular formula is C16H16F3NO. The molecule has 2 aromatic carbocycles. The number of nitrogens with two attached hydrogens (primary N) is 1. The van der Waals surface area contributed by atoms with Gasteiger partial charge >= 0.3 is 6.18 Å². The smallest absolute Gasteiger partial charge is 0.407 e. The lowest BCUT2D eigenvalue weighted by molar-refractivity contribution is -0.149. The van der Waals surface area contributed by atoms with Crippen LogP contribution in [0.3, 0.4) is 0 Å². The van der Waals surface area contributed by atoms with Gasteiger partial charge in [0.1, 0.15) is 18.4 Å². The minimum atomic E-state index is -4.46. The van der Waals surface area contributed by atoms with Crippen LogP contribution in [0.1, 0.15) is 22.7 Å². The second-order valence-electron chi connectivity index (χ2n) is 4.81. The highest BCUT2D eigenvalue weighted by atomic mass is 19.4. The molecule has 2 nitrogen and oxygen atoms in total. The first-order chi connectivity index (χ1) is 9.88. The Hall–Kier alpha value is -2.01. The van der Waals surface area contributed by atoms with Crippen molar-refractivity contribution in [2.75, 3.05) is 0 Å². The summed E-state index contributed by atoms with van der Waals surface area (Å²) in [6.45, 7) is 2.26. The van der Waals surface area contributed by atoms with Crippen molar-refractivity contribution in [2.45, 2.75) is 25.7 Å². The van der Waals surface area contributed by atoms with Gasteiger partial charge in [-0.15, -0.1) is 0 Å². The summed E-state index contributed by atoms with van der Waals surface area (Å²) in [5, 5.41) is 0. The van der Waals surface area contributed by atoms with E-state index in [0.29, 0.717) is 12.4 Å². The molecule has 2 aromatic rings. The molecule has 0 aliphatic rings. The van der Waals surface area contributed by atoms with E-state index in [1.807, 2.05) is 31.2 Å². The molecule has 0 aliphatic carbocycles. The van der Waals surface area contributed by atoms with Crippen molar-refractivity contribution in [1.82, 2.24) is 0 Å². The Labute approximate surface area is 121 Å². The Morgan fingerprint density at radius 2 is 1.81 bits per heavy atom. The van der Waals surface area contributed by atoms with E-state index in [1.54, 1.807) is 6.07 Å². The lowest BCUT2D eigenvalue weighted by atomic mass is 10.1. The van der Waals surface area contributed by atoms with Gasteiger partial charge in [0.15, 0.2) is 0 Å². The zero-order valence-electron chi connectivity index (χ0n) is 11.5. The van der Waals surface area contributed by atoms with Crippen molar-refractivity contribution in [1.29, 1.82) is 0 Å². The minimum Gasteiger partial charge on any atom is -0.489 e. The zero-order chi connectivity index (χ0) is 15.5. The molecule has 0 amide bonds. The molecule has 0 heterocycles. The van der Waals surface area contributed by atoms with Crippen LogP contribution < -0.4 is 10.5 Å². The summed E-state index contributed by atoms with van der Waals surface area (Å²) in [6, 6.07) is 11.5. The summed E-state index contributed by atoms with van der Waals surface area (Å²) in [5.74, 6) is 0.371. The van der Waals surface area contributed by atoms with Crippen LogP contribution in [0.25, 0.3) is 0 Å². The standard InChI is InChI=1S/C16H16F3NO/c1-11-5-2-3-6-13(11)10-21-14-8-4-7-12(9-14)15(20)16(17,18)19/h2-9,15H,10,20H2,1H3/t15-/m0/s1. The van der Waals surface area contributed by atoms with E-state index in [2.05, 4.69) is 0 Å². The second kappa shape index (κ2) is 6.18. The predicted octanol–water partition coefficient (Wildman–Crippen LogP) is 4.14. The zero-order valence-corrected chi connectivity index (χ0v) is 11.5. The van der Waals surface area contributed by atoms with Gasteiger partial charge in [-0.2, -0.15) is 13.2 Å². The fourth-order valence-corrected chi connectivity index (χ4v) is 1.92. The second-order valence-corrected chi connectivity index (χ2v) is 4.81. The fraction of sp³-hybridized carbons (Fsp3) is 0.250. The SMILES string of the molecule is Cc1ccccc1COc1cccc([C@H](N)C(F)(F)F)c1. The summed E-state index contributed by atoms with van der Waals surface area (Å²) >= 11 is 0. The topological polar surface area (TPSA) is 35.2 Å². The molecule has 2 rings (SSSR count). The highest BCUT2D eigenvalue weighted by Gasteiger charge is 2.37. The third-order valence-corrected chi connectivity index (χ3v) is 3.23. The number of rotatable bonds is 4. The number of ether oxygens (including phenoxy) is 1. The quantitative estimate of drug-likeness (QED) is 0.920. The molecule has 0 aromatic heterocycles. The van der Waals surface area contributed by atoms with E-state index in [4.69, 9.17) is 10.5 Å². The van der Waals surface area contributed by atoms with E-state index in [1.165, 1.54) is 18.2 Å². The summed E-state index contributed by atoms with van der Waals surface area (Å²) < 4.78 is 43.4. The Morgan fingerprint density at radius 1 is 1.10 bits per heavy atom. The molecule has 1 atom stereocenters. The van der Waals surface area contributed by atoms with Gasteiger partial charge in [-0.25, -0.2) is 0 Å². The first-order valence-corrected chi connectivity index (χ1v) is 6.47. The molecule has 0 unspecified atom stereocenters. The molecule has 0 spiro atoms. The Balaban J connectivity index is 2.10. The maximum atomic E-state index is 12.6. The first kappa shape index (κ1) is 15.4. The Morgan fingerprint density at radius 3 is 2.48 bits per heavy atom. The summed E-state index contributed by atoms with van der Waals surface area (Å²) in [4.78, 5) is 0. The molecule has 2 N–H and O–H groups in total. The summed E-state index contributed by atoms with van der Waals surface area (Å²) in [7, 11) is 0. The average Bonchev–Trinajstić information content (AvgIpc) is 2.45. The van der Waals surface area contributed by atoms with Crippen LogP contribution in [0.15, 0.2) is 48.5 Å². The van der Waals surface area contributed by atoms with Gasteiger partial charge in [0, 0.05) is 0 Å². The maximum Gasteiger partial charge on any atom is 0.407 e. The molecular weight excluding hydrogens is 279 g/mol. The number of aryl methyl sites for hydroxylation is 1. The maximum absolute atomic E-state index is 12.6. The third-order valence-electron chi connectivity index (χ3n) is 3.23. The molecule has 0 bridgehead atoms. The summed E-state index contributed by atoms with van der Waals surface area (Å²) in [5.41, 5.74) is 7.24. The number of hydrogen-bond acceptors (Lipinski definition) is 2. The van der Waals surface area contributed by atoms with Crippen molar-refractivity contribution in [3.05, 3.63) is 65.2 Å². The van der Waals surface area contributed by atoms with Crippen LogP contribution in [0.4, 0.5) is 13.2 Å². The Kier molecular flexibility index (Phi) is 4.53. The van der Waals surface area contributed by atoms with Crippen molar-refractivity contribution in [3.8, 4) is 5.75 Å². The van der Waals surface area contributed by atoms with Crippen molar-refractivity contribution < 1.29 is 17.9 Å². The van der Waals surface area contributed by atoms with Crippen molar-refractivity contribution in [3.63, 3.8) is 0 Å². The van der Waals surface area contributed by atoms with Crippen molar-refractivity contribution >= 4 is 0 Å². The van der Waals surface area contributed by atoms with Crippen LogP contribution >= 0.6 is 0 Å². The normalized spacial score (nSPS) is 13.0. The number of alkyl halides is 3. The van der Waals surface area contributed by atoms with Gasteiger partial charge in [-0.05, 0) is 35.7 Å². The molecule has 0 radical (unpaired) electrons. The van der Waals surface area contributed by atoms with Crippen LogP contribution in [0, 0.1) is 6.92 Å². The van der Waals surface area contributed by atoms with E-state index < -0.39 is 12.2 Å². The molecule has 0 saturated carbocycles. The van der Waals surface area contributed by atoms with Crippen LogP contribution in [-0.4, -0.2) is 6.18 Å². The highest BCUT2D eigenvalue weighted by Crippen LogP contribution is 2.31. The van der Waals surface area contributed by atoms with Gasteiger partial charge in [0.2, 0.25) is 0 Å². The predicted molar refractivity (Wildman–Crippen MR) is 74.9 cm³/mol. The first-order valence-electron chi connectivity index (χ1n) is 6.47.